The third-order valence-electron chi connectivity index (χ3n) is 5.23. The van der Waals surface area contributed by atoms with Crippen molar-refractivity contribution < 1.29 is 18.7 Å². The lowest BCUT2D eigenvalue weighted by Gasteiger charge is -2.34. The largest absolute Gasteiger partial charge is 0.489 e. The van der Waals surface area contributed by atoms with Crippen molar-refractivity contribution in [2.45, 2.75) is 32.0 Å². The fraction of sp³-hybridized carbons (Fsp3) is 0.318. The molecule has 0 saturated carbocycles. The lowest BCUT2D eigenvalue weighted by Crippen LogP contribution is -2.38. The lowest BCUT2D eigenvalue weighted by molar-refractivity contribution is -0.143. The maximum Gasteiger partial charge on any atom is 0.313 e. The highest BCUT2D eigenvalue weighted by Crippen LogP contribution is 2.27. The average molecular weight is 425 g/mol. The van der Waals surface area contributed by atoms with Crippen LogP contribution in [-0.4, -0.2) is 40.4 Å². The molecule has 3 N–H and O–H groups in total. The zero-order valence-corrected chi connectivity index (χ0v) is 17.0. The van der Waals surface area contributed by atoms with Gasteiger partial charge < -0.3 is 24.5 Å². The Hall–Kier alpha value is -3.62. The maximum atomic E-state index is 15.0. The summed E-state index contributed by atoms with van der Waals surface area (Å²) in [5.74, 6) is -0.550. The van der Waals surface area contributed by atoms with E-state index in [2.05, 4.69) is 4.98 Å². The molecule has 0 atom stereocenters. The Bertz CT molecular complexity index is 1090. The van der Waals surface area contributed by atoms with Gasteiger partial charge in [-0.15, -0.1) is 0 Å². The molecule has 4 rings (SSSR count). The van der Waals surface area contributed by atoms with Crippen LogP contribution < -0.4 is 15.4 Å². The number of rotatable bonds is 7. The third-order valence-corrected chi connectivity index (χ3v) is 5.23. The highest BCUT2D eigenvalue weighted by atomic mass is 19.1. The number of hydrogen-bond acceptors (Lipinski definition) is 6. The Morgan fingerprint density at radius 1 is 1.26 bits per heavy atom. The van der Waals surface area contributed by atoms with E-state index in [4.69, 9.17) is 20.6 Å². The number of carbonyl (C=O) groups excluding carboxylic acids is 1. The Labute approximate surface area is 178 Å². The summed E-state index contributed by atoms with van der Waals surface area (Å²) in [7, 11) is 0. The first kappa shape index (κ1) is 20.6. The van der Waals surface area contributed by atoms with Crippen LogP contribution in [0.15, 0.2) is 48.9 Å². The van der Waals surface area contributed by atoms with Gasteiger partial charge in [0, 0.05) is 43.9 Å². The lowest BCUT2D eigenvalue weighted by atomic mass is 10.1. The summed E-state index contributed by atoms with van der Waals surface area (Å²) >= 11 is 0. The van der Waals surface area contributed by atoms with Gasteiger partial charge in [0.25, 0.3) is 0 Å². The molecule has 1 fully saturated rings. The van der Waals surface area contributed by atoms with Crippen LogP contribution in [0.3, 0.4) is 0 Å². The first-order valence-corrected chi connectivity index (χ1v) is 10.1. The van der Waals surface area contributed by atoms with Crippen molar-refractivity contribution in [3.8, 4) is 5.75 Å². The van der Waals surface area contributed by atoms with Crippen molar-refractivity contribution in [2.24, 2.45) is 5.73 Å². The van der Waals surface area contributed by atoms with Crippen molar-refractivity contribution in [1.82, 2.24) is 9.38 Å². The van der Waals surface area contributed by atoms with Gasteiger partial charge in [-0.05, 0) is 18.2 Å². The van der Waals surface area contributed by atoms with E-state index in [0.717, 1.165) is 24.2 Å². The SMILES string of the molecule is N=C(N)CC(=O)OCc1cccc(N2CCC(Oc3ccc4nccn4c3)CC2)c1F. The van der Waals surface area contributed by atoms with E-state index in [1.165, 1.54) is 0 Å². The number of halogens is 1. The monoisotopic (exact) mass is 425 g/mol. The molecule has 3 heterocycles. The molecule has 0 aliphatic carbocycles. The Kier molecular flexibility index (Phi) is 6.01. The number of amidine groups is 1. The molecule has 1 aliphatic rings. The number of nitrogens with two attached hydrogens (primary N) is 1. The summed E-state index contributed by atoms with van der Waals surface area (Å²) in [6.07, 6.45) is 6.80. The number of imidazole rings is 1. The summed E-state index contributed by atoms with van der Waals surface area (Å²) in [4.78, 5) is 17.8. The maximum absolute atomic E-state index is 15.0. The minimum atomic E-state index is -0.649. The minimum Gasteiger partial charge on any atom is -0.489 e. The molecule has 1 saturated heterocycles. The number of nitrogens with zero attached hydrogens (tertiary/aromatic N) is 3. The van der Waals surface area contributed by atoms with Gasteiger partial charge in [0.15, 0.2) is 5.82 Å². The summed E-state index contributed by atoms with van der Waals surface area (Å²) < 4.78 is 28.0. The van der Waals surface area contributed by atoms with Crippen molar-refractivity contribution in [3.63, 3.8) is 0 Å². The van der Waals surface area contributed by atoms with Crippen LogP contribution in [0.5, 0.6) is 5.75 Å². The number of nitrogens with one attached hydrogen (secondary N) is 1. The van der Waals surface area contributed by atoms with E-state index in [-0.39, 0.29) is 25.0 Å². The van der Waals surface area contributed by atoms with Gasteiger partial charge in [0.2, 0.25) is 0 Å². The molecule has 3 aromatic rings. The Balaban J connectivity index is 1.34. The van der Waals surface area contributed by atoms with Gasteiger partial charge >= 0.3 is 5.97 Å². The van der Waals surface area contributed by atoms with E-state index >= 15 is 0 Å². The molecule has 0 amide bonds. The van der Waals surface area contributed by atoms with Crippen LogP contribution in [0.2, 0.25) is 0 Å². The van der Waals surface area contributed by atoms with Crippen LogP contribution in [0.4, 0.5) is 10.1 Å². The number of esters is 1. The number of fused-ring (bicyclic) bond motifs is 1. The number of pyridine rings is 1. The summed E-state index contributed by atoms with van der Waals surface area (Å²) in [5.41, 5.74) is 6.82. The highest BCUT2D eigenvalue weighted by molar-refractivity contribution is 5.94. The van der Waals surface area contributed by atoms with Crippen LogP contribution in [0.25, 0.3) is 5.65 Å². The molecular weight excluding hydrogens is 401 g/mol. The number of ether oxygens (including phenoxy) is 2. The fourth-order valence-electron chi connectivity index (χ4n) is 3.66. The van der Waals surface area contributed by atoms with E-state index in [0.29, 0.717) is 24.3 Å². The van der Waals surface area contributed by atoms with Crippen LogP contribution in [0, 0.1) is 11.2 Å². The van der Waals surface area contributed by atoms with Crippen molar-refractivity contribution in [2.75, 3.05) is 18.0 Å². The Morgan fingerprint density at radius 3 is 2.84 bits per heavy atom. The summed E-state index contributed by atoms with van der Waals surface area (Å²) in [6, 6.07) is 8.88. The van der Waals surface area contributed by atoms with Crippen molar-refractivity contribution >= 4 is 23.1 Å². The summed E-state index contributed by atoms with van der Waals surface area (Å²) in [6.45, 7) is 1.12. The average Bonchev–Trinajstić information content (AvgIpc) is 3.21. The molecule has 162 valence electrons. The molecule has 0 unspecified atom stereocenters. The smallest absolute Gasteiger partial charge is 0.313 e. The first-order chi connectivity index (χ1) is 15.0. The zero-order chi connectivity index (χ0) is 21.8. The number of hydrogen-bond donors (Lipinski definition) is 2. The quantitative estimate of drug-likeness (QED) is 0.343. The van der Waals surface area contributed by atoms with E-state index in [1.807, 2.05) is 33.8 Å². The van der Waals surface area contributed by atoms with Gasteiger partial charge in [-0.25, -0.2) is 9.37 Å². The minimum absolute atomic E-state index is 0.0519. The number of benzene rings is 1. The standard InChI is InChI=1S/C22H24FN5O3/c23-22-15(14-30-21(29)12-19(24)25)2-1-3-18(22)27-9-6-16(7-10-27)31-17-4-5-20-26-8-11-28(20)13-17/h1-5,8,11,13,16H,6-7,9-10,12,14H2,(H3,24,25). The van der Waals surface area contributed by atoms with Crippen LogP contribution in [0.1, 0.15) is 24.8 Å². The molecule has 0 spiro atoms. The summed E-state index contributed by atoms with van der Waals surface area (Å²) in [5, 5.41) is 7.12. The molecule has 1 aliphatic heterocycles. The second-order valence-electron chi connectivity index (χ2n) is 7.47. The third kappa shape index (κ3) is 4.93. The Morgan fingerprint density at radius 2 is 2.06 bits per heavy atom. The van der Waals surface area contributed by atoms with Crippen LogP contribution >= 0.6 is 0 Å². The molecule has 8 nitrogen and oxygen atoms in total. The van der Waals surface area contributed by atoms with Gasteiger partial charge in [-0.3, -0.25) is 10.2 Å². The molecule has 0 radical (unpaired) electrons. The van der Waals surface area contributed by atoms with Gasteiger partial charge in [-0.1, -0.05) is 12.1 Å². The van der Waals surface area contributed by atoms with Crippen molar-refractivity contribution in [1.29, 1.82) is 5.41 Å². The molecule has 9 heteroatoms. The van der Waals surface area contributed by atoms with Gasteiger partial charge in [-0.2, -0.15) is 0 Å². The second-order valence-corrected chi connectivity index (χ2v) is 7.47. The highest BCUT2D eigenvalue weighted by Gasteiger charge is 2.24. The molecule has 0 bridgehead atoms. The zero-order valence-electron chi connectivity index (χ0n) is 17.0. The predicted molar refractivity (Wildman–Crippen MR) is 114 cm³/mol. The number of carbonyl (C=O) groups is 1. The molecule has 31 heavy (non-hydrogen) atoms. The number of aromatic nitrogens is 2. The van der Waals surface area contributed by atoms with Crippen molar-refractivity contribution in [3.05, 3.63) is 60.3 Å². The normalized spacial score (nSPS) is 14.5. The second kappa shape index (κ2) is 9.03. The molecule has 1 aromatic carbocycles. The van der Waals surface area contributed by atoms with Crippen LogP contribution in [-0.2, 0) is 16.1 Å². The predicted octanol–water partition coefficient (Wildman–Crippen LogP) is 2.89. The van der Waals surface area contributed by atoms with E-state index in [1.54, 1.807) is 24.4 Å². The number of anilines is 1. The fourth-order valence-corrected chi connectivity index (χ4v) is 3.66. The number of piperidine rings is 1. The van der Waals surface area contributed by atoms with E-state index < -0.39 is 11.8 Å². The first-order valence-electron chi connectivity index (χ1n) is 10.1. The van der Waals surface area contributed by atoms with Gasteiger partial charge in [0.1, 0.15) is 36.4 Å². The van der Waals surface area contributed by atoms with Gasteiger partial charge in [0.05, 0.1) is 11.9 Å². The molecular formula is C22H24FN5O3. The van der Waals surface area contributed by atoms with E-state index in [9.17, 15) is 9.18 Å². The topological polar surface area (TPSA) is 106 Å². The molecule has 2 aromatic heterocycles.